The molecule has 1 aromatic carbocycles. The van der Waals surface area contributed by atoms with E-state index in [-0.39, 0.29) is 0 Å². The fourth-order valence-electron chi connectivity index (χ4n) is 2.61. The first-order chi connectivity index (χ1) is 9.33. The molecule has 0 bridgehead atoms. The minimum atomic E-state index is 0.539. The highest BCUT2D eigenvalue weighted by Crippen LogP contribution is 2.14. The van der Waals surface area contributed by atoms with Gasteiger partial charge in [-0.05, 0) is 38.9 Å². The summed E-state index contributed by atoms with van der Waals surface area (Å²) < 4.78 is 0. The van der Waals surface area contributed by atoms with Crippen LogP contribution in [0.25, 0.3) is 10.9 Å². The first kappa shape index (κ1) is 12.4. The van der Waals surface area contributed by atoms with Crippen molar-refractivity contribution < 1.29 is 0 Å². The lowest BCUT2D eigenvalue weighted by molar-refractivity contribution is 0.269. The lowest BCUT2D eigenvalue weighted by atomic mass is 10.2. The molecule has 2 heterocycles. The van der Waals surface area contributed by atoms with Gasteiger partial charge in [-0.25, -0.2) is 9.97 Å². The molecule has 1 aliphatic heterocycles. The third-order valence-electron chi connectivity index (χ3n) is 3.81. The number of nitrogens with zero attached hydrogens (tertiary/aromatic N) is 3. The van der Waals surface area contributed by atoms with Crippen LogP contribution in [0.2, 0.25) is 0 Å². The van der Waals surface area contributed by atoms with Crippen LogP contribution in [0.15, 0.2) is 30.5 Å². The Morgan fingerprint density at radius 2 is 2.05 bits per heavy atom. The summed E-state index contributed by atoms with van der Waals surface area (Å²) in [7, 11) is 0. The summed E-state index contributed by atoms with van der Waals surface area (Å²) in [6.07, 6.45) is 4.54. The highest BCUT2D eigenvalue weighted by Gasteiger charge is 2.17. The largest absolute Gasteiger partial charge is 0.353 e. The van der Waals surface area contributed by atoms with Crippen LogP contribution in [0.4, 0.5) is 5.95 Å². The Bertz CT molecular complexity index is 549. The van der Waals surface area contributed by atoms with E-state index in [1.54, 1.807) is 0 Å². The molecule has 100 valence electrons. The van der Waals surface area contributed by atoms with Gasteiger partial charge < -0.3 is 5.32 Å². The van der Waals surface area contributed by atoms with Gasteiger partial charge in [-0.15, -0.1) is 0 Å². The van der Waals surface area contributed by atoms with Gasteiger partial charge in [0.1, 0.15) is 0 Å². The lowest BCUT2D eigenvalue weighted by Gasteiger charge is -2.23. The molecule has 3 rings (SSSR count). The van der Waals surface area contributed by atoms with Crippen molar-refractivity contribution in [1.82, 2.24) is 14.9 Å². The molecular weight excluding hydrogens is 236 g/mol. The normalized spacial score (nSPS) is 17.7. The van der Waals surface area contributed by atoms with Gasteiger partial charge in [0, 0.05) is 24.2 Å². The van der Waals surface area contributed by atoms with Gasteiger partial charge in [-0.2, -0.15) is 0 Å². The van der Waals surface area contributed by atoms with Crippen LogP contribution in [0, 0.1) is 0 Å². The van der Waals surface area contributed by atoms with Crippen LogP contribution in [-0.4, -0.2) is 40.5 Å². The zero-order valence-corrected chi connectivity index (χ0v) is 11.3. The fraction of sp³-hybridized carbons (Fsp3) is 0.467. The summed E-state index contributed by atoms with van der Waals surface area (Å²) in [5.74, 6) is 0.727. The third-order valence-corrected chi connectivity index (χ3v) is 3.81. The molecule has 0 amide bonds. The van der Waals surface area contributed by atoms with Crippen molar-refractivity contribution in [2.45, 2.75) is 25.8 Å². The summed E-state index contributed by atoms with van der Waals surface area (Å²) in [6, 6.07) is 8.61. The molecule has 0 aliphatic carbocycles. The van der Waals surface area contributed by atoms with E-state index in [1.165, 1.54) is 25.9 Å². The standard InChI is InChI=1S/C15H20N4/c1-12(19-8-4-5-9-19)10-16-15-17-11-13-6-2-3-7-14(13)18-15/h2-3,6-7,11-12H,4-5,8-10H2,1H3,(H,16,17,18). The first-order valence-corrected chi connectivity index (χ1v) is 7.02. The molecule has 1 N–H and O–H groups in total. The van der Waals surface area contributed by atoms with Crippen molar-refractivity contribution in [2.24, 2.45) is 0 Å². The molecule has 4 nitrogen and oxygen atoms in total. The van der Waals surface area contributed by atoms with Crippen molar-refractivity contribution in [3.05, 3.63) is 30.5 Å². The van der Waals surface area contributed by atoms with Gasteiger partial charge >= 0.3 is 0 Å². The van der Waals surface area contributed by atoms with Crippen molar-refractivity contribution in [1.29, 1.82) is 0 Å². The molecule has 0 spiro atoms. The Balaban J connectivity index is 1.64. The zero-order chi connectivity index (χ0) is 13.1. The number of benzene rings is 1. The SMILES string of the molecule is CC(CNc1ncc2ccccc2n1)N1CCCC1. The van der Waals surface area contributed by atoms with Gasteiger partial charge in [-0.1, -0.05) is 18.2 Å². The number of rotatable bonds is 4. The third kappa shape index (κ3) is 2.84. The Hall–Kier alpha value is -1.68. The van der Waals surface area contributed by atoms with E-state index < -0.39 is 0 Å². The Kier molecular flexibility index (Phi) is 3.60. The van der Waals surface area contributed by atoms with Crippen molar-refractivity contribution >= 4 is 16.9 Å². The van der Waals surface area contributed by atoms with Crippen LogP contribution in [-0.2, 0) is 0 Å². The molecule has 1 unspecified atom stereocenters. The molecule has 1 aliphatic rings. The summed E-state index contributed by atoms with van der Waals surface area (Å²) >= 11 is 0. The van der Waals surface area contributed by atoms with Crippen LogP contribution in [0.3, 0.4) is 0 Å². The maximum Gasteiger partial charge on any atom is 0.223 e. The van der Waals surface area contributed by atoms with Gasteiger partial charge in [-0.3, -0.25) is 4.90 Å². The highest BCUT2D eigenvalue weighted by molar-refractivity contribution is 5.78. The van der Waals surface area contributed by atoms with Gasteiger partial charge in [0.2, 0.25) is 5.95 Å². The quantitative estimate of drug-likeness (QED) is 0.912. The number of para-hydroxylation sites is 1. The smallest absolute Gasteiger partial charge is 0.223 e. The van der Waals surface area contributed by atoms with Crippen molar-refractivity contribution in [3.8, 4) is 0 Å². The van der Waals surface area contributed by atoms with Gasteiger partial charge in [0.15, 0.2) is 0 Å². The molecule has 4 heteroatoms. The number of hydrogen-bond acceptors (Lipinski definition) is 4. The second-order valence-corrected chi connectivity index (χ2v) is 5.23. The van der Waals surface area contributed by atoms with E-state index in [2.05, 4.69) is 27.1 Å². The zero-order valence-electron chi connectivity index (χ0n) is 11.3. The number of anilines is 1. The molecule has 1 saturated heterocycles. The predicted molar refractivity (Wildman–Crippen MR) is 78.3 cm³/mol. The minimum absolute atomic E-state index is 0.539. The molecule has 1 fully saturated rings. The molecule has 0 saturated carbocycles. The summed E-state index contributed by atoms with van der Waals surface area (Å²) in [4.78, 5) is 11.4. The Morgan fingerprint density at radius 3 is 2.89 bits per heavy atom. The van der Waals surface area contributed by atoms with Crippen LogP contribution in [0.5, 0.6) is 0 Å². The van der Waals surface area contributed by atoms with Crippen LogP contribution in [0.1, 0.15) is 19.8 Å². The van der Waals surface area contributed by atoms with Gasteiger partial charge in [0.25, 0.3) is 0 Å². The van der Waals surface area contributed by atoms with Crippen LogP contribution >= 0.6 is 0 Å². The monoisotopic (exact) mass is 256 g/mol. The highest BCUT2D eigenvalue weighted by atomic mass is 15.2. The molecule has 2 aromatic rings. The number of nitrogens with one attached hydrogen (secondary N) is 1. The number of aromatic nitrogens is 2. The molecule has 0 radical (unpaired) electrons. The van der Waals surface area contributed by atoms with E-state index in [4.69, 9.17) is 0 Å². The van der Waals surface area contributed by atoms with Crippen LogP contribution < -0.4 is 5.32 Å². The second-order valence-electron chi connectivity index (χ2n) is 5.23. The molecular formula is C15H20N4. The van der Waals surface area contributed by atoms with Crippen molar-refractivity contribution in [3.63, 3.8) is 0 Å². The fourth-order valence-corrected chi connectivity index (χ4v) is 2.61. The second kappa shape index (κ2) is 5.53. The Labute approximate surface area is 113 Å². The number of hydrogen-bond donors (Lipinski definition) is 1. The van der Waals surface area contributed by atoms with E-state index >= 15 is 0 Å². The molecule has 1 aromatic heterocycles. The topological polar surface area (TPSA) is 41.1 Å². The molecule has 1 atom stereocenters. The first-order valence-electron chi connectivity index (χ1n) is 7.02. The number of fused-ring (bicyclic) bond motifs is 1. The van der Waals surface area contributed by atoms with Crippen molar-refractivity contribution in [2.75, 3.05) is 25.0 Å². The van der Waals surface area contributed by atoms with E-state index in [0.717, 1.165) is 23.4 Å². The van der Waals surface area contributed by atoms with E-state index in [0.29, 0.717) is 6.04 Å². The number of likely N-dealkylation sites (tertiary alicyclic amines) is 1. The Morgan fingerprint density at radius 1 is 1.26 bits per heavy atom. The van der Waals surface area contributed by atoms with E-state index in [1.807, 2.05) is 30.5 Å². The summed E-state index contributed by atoms with van der Waals surface area (Å²) in [5.41, 5.74) is 0.994. The lowest BCUT2D eigenvalue weighted by Crippen LogP contribution is -2.35. The summed E-state index contributed by atoms with van der Waals surface area (Å²) in [6.45, 7) is 5.61. The van der Waals surface area contributed by atoms with E-state index in [9.17, 15) is 0 Å². The minimum Gasteiger partial charge on any atom is -0.353 e. The maximum atomic E-state index is 4.53. The summed E-state index contributed by atoms with van der Waals surface area (Å²) in [5, 5.41) is 4.43. The average Bonchev–Trinajstić information content (AvgIpc) is 2.99. The predicted octanol–water partition coefficient (Wildman–Crippen LogP) is 2.53. The maximum absolute atomic E-state index is 4.53. The average molecular weight is 256 g/mol. The van der Waals surface area contributed by atoms with Gasteiger partial charge in [0.05, 0.1) is 5.52 Å². The molecule has 19 heavy (non-hydrogen) atoms.